The molecule has 0 saturated carbocycles. The van der Waals surface area contributed by atoms with Crippen molar-refractivity contribution in [1.82, 2.24) is 0 Å². The second-order valence-corrected chi connectivity index (χ2v) is 23.8. The number of rotatable bonds is 40. The van der Waals surface area contributed by atoms with Crippen LogP contribution in [-0.4, -0.2) is 13.2 Å². The summed E-state index contributed by atoms with van der Waals surface area (Å²) in [7, 11) is 0. The molecule has 1 aliphatic carbocycles. The molecule has 2 aliphatic rings. The van der Waals surface area contributed by atoms with Crippen LogP contribution in [0.4, 0.5) is 0 Å². The molecule has 0 saturated heterocycles. The van der Waals surface area contributed by atoms with Crippen LogP contribution in [0.3, 0.4) is 0 Å². The average Bonchev–Trinajstić information content (AvgIpc) is 3.63. The smallest absolute Gasteiger partial charge is 0.135 e. The van der Waals surface area contributed by atoms with Crippen molar-refractivity contribution in [2.45, 2.75) is 250 Å². The van der Waals surface area contributed by atoms with Gasteiger partial charge in [-0.3, -0.25) is 0 Å². The van der Waals surface area contributed by atoms with Gasteiger partial charge in [-0.2, -0.15) is 0 Å². The fraction of sp³-hybridized carbons (Fsp3) is 0.631. The number of hydrogen-bond donors (Lipinski definition) is 0. The van der Waals surface area contributed by atoms with Crippen LogP contribution in [0.2, 0.25) is 0 Å². The van der Waals surface area contributed by atoms with E-state index in [-0.39, 0.29) is 0 Å². The lowest BCUT2D eigenvalue weighted by Crippen LogP contribution is -2.32. The Kier molecular flexibility index (Phi) is 27.3. The summed E-state index contributed by atoms with van der Waals surface area (Å²) < 4.78 is 22.4. The maximum atomic E-state index is 6.96. The van der Waals surface area contributed by atoms with Crippen LogP contribution in [0.15, 0.2) is 72.8 Å². The van der Waals surface area contributed by atoms with Crippen molar-refractivity contribution in [2.24, 2.45) is 0 Å². The van der Waals surface area contributed by atoms with Crippen LogP contribution in [0.25, 0.3) is 11.1 Å². The largest absolute Gasteiger partial charge is 0.493 e. The van der Waals surface area contributed by atoms with E-state index < -0.39 is 5.41 Å². The fourth-order valence-corrected chi connectivity index (χ4v) is 12.5. The molecular weight excluding hydrogens is 1080 g/mol. The van der Waals surface area contributed by atoms with E-state index in [1.165, 1.54) is 259 Å². The van der Waals surface area contributed by atoms with Crippen molar-refractivity contribution in [3.05, 3.63) is 102 Å². The van der Waals surface area contributed by atoms with Crippen molar-refractivity contribution in [3.8, 4) is 34.1 Å². The normalized spacial score (nSPS) is 13.0. The molecule has 0 unspecified atom stereocenters. The van der Waals surface area contributed by atoms with E-state index in [4.69, 9.17) is 14.2 Å². The first-order chi connectivity index (χ1) is 34.6. The monoisotopic (exact) mass is 1180 g/mol. The number of unbranched alkanes of at least 4 members (excludes halogenated alkanes) is 34. The number of ether oxygens (including phenoxy) is 3. The van der Waals surface area contributed by atoms with Gasteiger partial charge < -0.3 is 14.2 Å². The summed E-state index contributed by atoms with van der Waals surface area (Å²) in [5.74, 6) is 3.52. The molecule has 0 atom stereocenters. The predicted molar refractivity (Wildman–Crippen MR) is 318 cm³/mol. The molecule has 0 fully saturated rings. The highest BCUT2D eigenvalue weighted by molar-refractivity contribution is 14.1. The van der Waals surface area contributed by atoms with E-state index in [1.807, 2.05) is 0 Å². The van der Waals surface area contributed by atoms with Crippen LogP contribution in [0.5, 0.6) is 23.0 Å². The summed E-state index contributed by atoms with van der Waals surface area (Å²) in [6.45, 7) is 6.08. The Bertz CT molecular complexity index is 1910. The summed E-state index contributed by atoms with van der Waals surface area (Å²) in [6, 6.07) is 27.2. The van der Waals surface area contributed by atoms with Gasteiger partial charge in [0.1, 0.15) is 23.0 Å². The molecule has 0 amide bonds. The average molecular weight is 1180 g/mol. The minimum atomic E-state index is -0.506. The fourth-order valence-electron chi connectivity index (χ4n) is 11.5. The second-order valence-electron chi connectivity index (χ2n) is 21.3. The molecule has 386 valence electrons. The molecule has 6 rings (SSSR count). The minimum Gasteiger partial charge on any atom is -0.493 e. The van der Waals surface area contributed by atoms with E-state index in [0.29, 0.717) is 0 Å². The van der Waals surface area contributed by atoms with Crippen LogP contribution < -0.4 is 14.2 Å². The molecule has 1 heterocycles. The third kappa shape index (κ3) is 18.0. The number of halogens is 2. The van der Waals surface area contributed by atoms with Crippen molar-refractivity contribution in [3.63, 3.8) is 0 Å². The van der Waals surface area contributed by atoms with E-state index in [1.54, 1.807) is 0 Å². The molecule has 1 aliphatic heterocycles. The molecule has 0 radical (unpaired) electrons. The lowest BCUT2D eigenvalue weighted by Gasteiger charge is -2.39. The van der Waals surface area contributed by atoms with Gasteiger partial charge in [0, 0.05) is 30.4 Å². The highest BCUT2D eigenvalue weighted by Crippen LogP contribution is 2.63. The second kappa shape index (κ2) is 33.5. The zero-order chi connectivity index (χ0) is 48.9. The zero-order valence-electron chi connectivity index (χ0n) is 44.3. The van der Waals surface area contributed by atoms with Gasteiger partial charge in [-0.25, -0.2) is 0 Å². The molecule has 1 spiro atoms. The first-order valence-electron chi connectivity index (χ1n) is 29.4. The Balaban J connectivity index is 0.942. The molecule has 0 N–H and O–H groups in total. The topological polar surface area (TPSA) is 27.7 Å². The first-order valence-corrected chi connectivity index (χ1v) is 31.5. The van der Waals surface area contributed by atoms with E-state index >= 15 is 0 Å². The van der Waals surface area contributed by atoms with Gasteiger partial charge in [0.05, 0.1) is 18.6 Å². The number of fused-ring (bicyclic) bond motifs is 9. The summed E-state index contributed by atoms with van der Waals surface area (Å²) in [4.78, 5) is 0. The summed E-state index contributed by atoms with van der Waals surface area (Å²) in [5.41, 5.74) is 7.09. The Hall–Kier alpha value is -2.26. The Morgan fingerprint density at radius 2 is 0.614 bits per heavy atom. The van der Waals surface area contributed by atoms with Gasteiger partial charge in [0.2, 0.25) is 0 Å². The van der Waals surface area contributed by atoms with Crippen LogP contribution in [-0.2, 0) is 5.41 Å². The van der Waals surface area contributed by atoms with Crippen molar-refractivity contribution in [1.29, 1.82) is 0 Å². The van der Waals surface area contributed by atoms with Crippen molar-refractivity contribution < 1.29 is 14.2 Å². The number of hydrogen-bond acceptors (Lipinski definition) is 3. The van der Waals surface area contributed by atoms with E-state index in [0.717, 1.165) is 49.1 Å². The quantitative estimate of drug-likeness (QED) is 0.0283. The van der Waals surface area contributed by atoms with Crippen molar-refractivity contribution >= 4 is 45.2 Å². The van der Waals surface area contributed by atoms with Crippen molar-refractivity contribution in [2.75, 3.05) is 13.2 Å². The van der Waals surface area contributed by atoms with Gasteiger partial charge in [0.25, 0.3) is 0 Å². The van der Waals surface area contributed by atoms with Crippen LogP contribution >= 0.6 is 45.2 Å². The molecule has 4 aromatic carbocycles. The lowest BCUT2D eigenvalue weighted by molar-refractivity contribution is 0.300. The summed E-state index contributed by atoms with van der Waals surface area (Å²) >= 11 is 4.96. The highest BCUT2D eigenvalue weighted by Gasteiger charge is 2.51. The Labute approximate surface area is 455 Å². The summed E-state index contributed by atoms with van der Waals surface area (Å²) in [5, 5.41) is 0. The number of benzene rings is 4. The SMILES string of the molecule is CCCCCCCCCCCCCCCCCCCCOc1ccc2c(c1)Oc1cc(OCCCCCCCCCCCCCCCCCCCC)ccc1C21c2cc(I)ccc2-c2ccc(I)cc21. The first kappa shape index (κ1) is 57.0. The zero-order valence-corrected chi connectivity index (χ0v) is 48.6. The standard InChI is InChI=1S/C65H94I2O3/c1-3-5-7-9-11-13-15-17-19-21-23-25-27-29-31-33-35-37-47-68-55-41-45-59-63(51-55)70-64-52-56(69-48-38-36-34-32-30-28-26-24-22-20-18-16-14-12-10-8-6-4-2)42-46-60(64)65(59)61-49-53(66)39-43-57(61)58-44-40-54(67)50-62(58)65/h39-46,49-52H,3-38,47-48H2,1-2H3. The van der Waals surface area contributed by atoms with Gasteiger partial charge in [-0.15, -0.1) is 0 Å². The van der Waals surface area contributed by atoms with Gasteiger partial charge in [-0.1, -0.05) is 256 Å². The third-order valence-corrected chi connectivity index (χ3v) is 16.9. The maximum Gasteiger partial charge on any atom is 0.135 e. The van der Waals surface area contributed by atoms with Gasteiger partial charge >= 0.3 is 0 Å². The molecular formula is C65H94I2O3. The summed E-state index contributed by atoms with van der Waals surface area (Å²) in [6.07, 6.45) is 49.8. The minimum absolute atomic E-state index is 0.506. The molecule has 70 heavy (non-hydrogen) atoms. The van der Waals surface area contributed by atoms with Gasteiger partial charge in [-0.05, 0) is 117 Å². The molecule has 5 heteroatoms. The lowest BCUT2D eigenvalue weighted by atomic mass is 9.66. The molecule has 3 nitrogen and oxygen atoms in total. The van der Waals surface area contributed by atoms with Crippen LogP contribution in [0, 0.1) is 7.14 Å². The van der Waals surface area contributed by atoms with E-state index in [2.05, 4.69) is 132 Å². The molecule has 4 aromatic rings. The van der Waals surface area contributed by atoms with Crippen LogP contribution in [0.1, 0.15) is 267 Å². The third-order valence-electron chi connectivity index (χ3n) is 15.5. The van der Waals surface area contributed by atoms with E-state index in [9.17, 15) is 0 Å². The Morgan fingerprint density at radius 1 is 0.329 bits per heavy atom. The molecule has 0 aromatic heterocycles. The highest BCUT2D eigenvalue weighted by atomic mass is 127. The molecule has 0 bridgehead atoms. The Morgan fingerprint density at radius 3 is 0.914 bits per heavy atom. The predicted octanol–water partition coefficient (Wildman–Crippen LogP) is 22.2. The van der Waals surface area contributed by atoms with Gasteiger partial charge in [0.15, 0.2) is 0 Å². The maximum absolute atomic E-state index is 6.96.